The summed E-state index contributed by atoms with van der Waals surface area (Å²) in [5.41, 5.74) is 0.596. The number of nitrogens with one attached hydrogen (secondary N) is 1. The van der Waals surface area contributed by atoms with Crippen LogP contribution in [0.1, 0.15) is 32.8 Å². The Labute approximate surface area is 121 Å². The van der Waals surface area contributed by atoms with E-state index in [4.69, 9.17) is 4.74 Å². The van der Waals surface area contributed by atoms with Crippen molar-refractivity contribution >= 4 is 12.2 Å². The summed E-state index contributed by atoms with van der Waals surface area (Å²) in [6.45, 7) is 9.24. The maximum absolute atomic E-state index is 11.8. The monoisotopic (exact) mass is 273 g/mol. The van der Waals surface area contributed by atoms with E-state index in [0.29, 0.717) is 6.42 Å². The topological polar surface area (TPSA) is 38.3 Å². The van der Waals surface area contributed by atoms with E-state index >= 15 is 0 Å². The molecule has 1 atom stereocenters. The summed E-state index contributed by atoms with van der Waals surface area (Å²) in [4.78, 5) is 11.8. The number of hydrogen-bond acceptors (Lipinski definition) is 2. The van der Waals surface area contributed by atoms with Crippen LogP contribution in [0.3, 0.4) is 0 Å². The zero-order valence-corrected chi connectivity index (χ0v) is 12.4. The molecule has 1 aromatic carbocycles. The van der Waals surface area contributed by atoms with Crippen molar-refractivity contribution in [3.8, 4) is 0 Å². The van der Waals surface area contributed by atoms with Gasteiger partial charge in [0.25, 0.3) is 0 Å². The molecule has 0 unspecified atom stereocenters. The maximum Gasteiger partial charge on any atom is 0.408 e. The standard InChI is InChI=1S/C17H23NO2/c1-5-9-15(18-16(19)20-17(2,3)4)13-12-14-10-7-6-8-11-14/h5-8,10-13,15H,1,9H2,2-4H3,(H,18,19)/b13-12+/t15-/m1/s1. The van der Waals surface area contributed by atoms with Gasteiger partial charge in [0.2, 0.25) is 0 Å². The number of rotatable bonds is 5. The molecule has 1 N–H and O–H groups in total. The second kappa shape index (κ2) is 7.53. The minimum absolute atomic E-state index is 0.123. The number of ether oxygens (including phenoxy) is 1. The fourth-order valence-electron chi connectivity index (χ4n) is 1.62. The molecular weight excluding hydrogens is 250 g/mol. The van der Waals surface area contributed by atoms with Gasteiger partial charge in [-0.15, -0.1) is 6.58 Å². The molecule has 3 nitrogen and oxygen atoms in total. The number of carbonyl (C=O) groups is 1. The molecule has 0 aromatic heterocycles. The summed E-state index contributed by atoms with van der Waals surface area (Å²) < 4.78 is 5.25. The van der Waals surface area contributed by atoms with Gasteiger partial charge in [0.15, 0.2) is 0 Å². The van der Waals surface area contributed by atoms with Crippen LogP contribution in [0.2, 0.25) is 0 Å². The van der Waals surface area contributed by atoms with E-state index in [0.717, 1.165) is 5.56 Å². The zero-order chi connectivity index (χ0) is 15.0. The zero-order valence-electron chi connectivity index (χ0n) is 12.4. The highest BCUT2D eigenvalue weighted by Gasteiger charge is 2.17. The van der Waals surface area contributed by atoms with Crippen molar-refractivity contribution in [2.45, 2.75) is 38.8 Å². The first kappa shape index (κ1) is 16.0. The van der Waals surface area contributed by atoms with Crippen molar-refractivity contribution in [2.24, 2.45) is 0 Å². The van der Waals surface area contributed by atoms with Crippen LogP contribution in [0.15, 0.2) is 49.1 Å². The molecule has 0 radical (unpaired) electrons. The minimum atomic E-state index is -0.494. The highest BCUT2D eigenvalue weighted by molar-refractivity contribution is 5.68. The predicted octanol–water partition coefficient (Wildman–Crippen LogP) is 4.17. The van der Waals surface area contributed by atoms with Gasteiger partial charge in [0.1, 0.15) is 5.60 Å². The summed E-state index contributed by atoms with van der Waals surface area (Å²) in [7, 11) is 0. The van der Waals surface area contributed by atoms with Crippen molar-refractivity contribution in [3.63, 3.8) is 0 Å². The summed E-state index contributed by atoms with van der Waals surface area (Å²) in [5.74, 6) is 0. The quantitative estimate of drug-likeness (QED) is 0.818. The molecule has 0 saturated heterocycles. The Balaban J connectivity index is 2.63. The second-order valence-corrected chi connectivity index (χ2v) is 5.55. The SMILES string of the molecule is C=CC[C@H](/C=C/c1ccccc1)NC(=O)OC(C)(C)C. The molecule has 3 heteroatoms. The Morgan fingerprint density at radius 1 is 1.35 bits per heavy atom. The van der Waals surface area contributed by atoms with Crippen LogP contribution in [0.5, 0.6) is 0 Å². The molecule has 0 spiro atoms. The summed E-state index contributed by atoms with van der Waals surface area (Å²) in [6, 6.07) is 9.82. The molecule has 0 saturated carbocycles. The molecule has 0 aliphatic carbocycles. The van der Waals surface area contributed by atoms with Gasteiger partial charge in [0, 0.05) is 0 Å². The fourth-order valence-corrected chi connectivity index (χ4v) is 1.62. The largest absolute Gasteiger partial charge is 0.444 e. The molecule has 20 heavy (non-hydrogen) atoms. The number of benzene rings is 1. The molecule has 0 bridgehead atoms. The van der Waals surface area contributed by atoms with Crippen LogP contribution in [0.4, 0.5) is 4.79 Å². The van der Waals surface area contributed by atoms with Gasteiger partial charge in [-0.2, -0.15) is 0 Å². The lowest BCUT2D eigenvalue weighted by molar-refractivity contribution is 0.0515. The highest BCUT2D eigenvalue weighted by atomic mass is 16.6. The second-order valence-electron chi connectivity index (χ2n) is 5.55. The van der Waals surface area contributed by atoms with Crippen molar-refractivity contribution in [1.29, 1.82) is 0 Å². The third-order valence-electron chi connectivity index (χ3n) is 2.44. The van der Waals surface area contributed by atoms with E-state index in [-0.39, 0.29) is 6.04 Å². The van der Waals surface area contributed by atoms with Crippen LogP contribution in [-0.4, -0.2) is 17.7 Å². The minimum Gasteiger partial charge on any atom is -0.444 e. The molecule has 1 amide bonds. The Hall–Kier alpha value is -2.03. The van der Waals surface area contributed by atoms with Crippen molar-refractivity contribution in [3.05, 3.63) is 54.6 Å². The first-order valence-electron chi connectivity index (χ1n) is 6.74. The Morgan fingerprint density at radius 3 is 2.55 bits per heavy atom. The van der Waals surface area contributed by atoms with Gasteiger partial charge in [-0.25, -0.2) is 4.79 Å². The maximum atomic E-state index is 11.8. The average Bonchev–Trinajstić information content (AvgIpc) is 2.35. The summed E-state index contributed by atoms with van der Waals surface area (Å²) in [6.07, 6.45) is 5.94. The van der Waals surface area contributed by atoms with E-state index in [2.05, 4.69) is 11.9 Å². The molecule has 1 aromatic rings. The van der Waals surface area contributed by atoms with Crippen LogP contribution in [0, 0.1) is 0 Å². The lowest BCUT2D eigenvalue weighted by Gasteiger charge is -2.21. The van der Waals surface area contributed by atoms with Gasteiger partial charge < -0.3 is 10.1 Å². The van der Waals surface area contributed by atoms with E-state index in [1.807, 2.05) is 63.3 Å². The fraction of sp³-hybridized carbons (Fsp3) is 0.353. The van der Waals surface area contributed by atoms with E-state index in [1.165, 1.54) is 0 Å². The van der Waals surface area contributed by atoms with E-state index in [9.17, 15) is 4.79 Å². The van der Waals surface area contributed by atoms with E-state index in [1.54, 1.807) is 6.08 Å². The van der Waals surface area contributed by atoms with Crippen molar-refractivity contribution in [1.82, 2.24) is 5.32 Å². The molecule has 0 fully saturated rings. The normalized spacial score (nSPS) is 12.9. The molecule has 108 valence electrons. The van der Waals surface area contributed by atoms with E-state index < -0.39 is 11.7 Å². The van der Waals surface area contributed by atoms with Crippen molar-refractivity contribution < 1.29 is 9.53 Å². The smallest absolute Gasteiger partial charge is 0.408 e. The highest BCUT2D eigenvalue weighted by Crippen LogP contribution is 2.08. The van der Waals surface area contributed by atoms with Gasteiger partial charge >= 0.3 is 6.09 Å². The molecule has 0 heterocycles. The third-order valence-corrected chi connectivity index (χ3v) is 2.44. The Kier molecular flexibility index (Phi) is 6.04. The first-order chi connectivity index (χ1) is 9.40. The van der Waals surface area contributed by atoms with Crippen molar-refractivity contribution in [2.75, 3.05) is 0 Å². The van der Waals surface area contributed by atoms with Crippen LogP contribution < -0.4 is 5.32 Å². The Bertz CT molecular complexity index is 458. The van der Waals surface area contributed by atoms with Crippen LogP contribution >= 0.6 is 0 Å². The molecular formula is C17H23NO2. The van der Waals surface area contributed by atoms with Gasteiger partial charge in [0.05, 0.1) is 6.04 Å². The van der Waals surface area contributed by atoms with Crippen LogP contribution in [-0.2, 0) is 4.74 Å². The average molecular weight is 273 g/mol. The molecule has 0 aliphatic heterocycles. The van der Waals surface area contributed by atoms with Gasteiger partial charge in [-0.05, 0) is 32.8 Å². The van der Waals surface area contributed by atoms with Gasteiger partial charge in [-0.3, -0.25) is 0 Å². The molecule has 0 aliphatic rings. The number of alkyl carbamates (subject to hydrolysis) is 1. The lowest BCUT2D eigenvalue weighted by atomic mass is 10.1. The van der Waals surface area contributed by atoms with Crippen LogP contribution in [0.25, 0.3) is 6.08 Å². The lowest BCUT2D eigenvalue weighted by Crippen LogP contribution is -2.38. The Morgan fingerprint density at radius 2 is 2.00 bits per heavy atom. The summed E-state index contributed by atoms with van der Waals surface area (Å²) in [5, 5.41) is 2.83. The third kappa shape index (κ3) is 6.78. The van der Waals surface area contributed by atoms with Gasteiger partial charge in [-0.1, -0.05) is 48.6 Å². The first-order valence-corrected chi connectivity index (χ1v) is 6.74. The number of amides is 1. The number of carbonyl (C=O) groups excluding carboxylic acids is 1. The number of hydrogen-bond donors (Lipinski definition) is 1. The predicted molar refractivity (Wildman–Crippen MR) is 83.4 cm³/mol. The summed E-state index contributed by atoms with van der Waals surface area (Å²) >= 11 is 0. The molecule has 1 rings (SSSR count).